The van der Waals surface area contributed by atoms with Gasteiger partial charge in [0.2, 0.25) is 0 Å². The van der Waals surface area contributed by atoms with Crippen LogP contribution >= 0.6 is 0 Å². The predicted octanol–water partition coefficient (Wildman–Crippen LogP) is 2.71. The Morgan fingerprint density at radius 3 is 2.71 bits per heavy atom. The number of benzene rings is 1. The van der Waals surface area contributed by atoms with Crippen LogP contribution in [0.3, 0.4) is 0 Å². The van der Waals surface area contributed by atoms with Crippen molar-refractivity contribution in [3.05, 3.63) is 47.4 Å². The summed E-state index contributed by atoms with van der Waals surface area (Å²) >= 11 is 0. The molecular formula is C13H12N4. The number of hydrogen-bond acceptors (Lipinski definition) is 4. The molecule has 0 aliphatic heterocycles. The van der Waals surface area contributed by atoms with Crippen LogP contribution < -0.4 is 5.32 Å². The first kappa shape index (κ1) is 11.1. The largest absolute Gasteiger partial charge is 0.338 e. The van der Waals surface area contributed by atoms with E-state index in [1.54, 1.807) is 6.20 Å². The van der Waals surface area contributed by atoms with Crippen molar-refractivity contribution in [1.82, 2.24) is 9.97 Å². The van der Waals surface area contributed by atoms with Crippen LogP contribution in [0.5, 0.6) is 0 Å². The molecular weight excluding hydrogens is 212 g/mol. The molecule has 2 rings (SSSR count). The van der Waals surface area contributed by atoms with E-state index in [0.717, 1.165) is 16.8 Å². The van der Waals surface area contributed by atoms with Gasteiger partial charge in [0.05, 0.1) is 0 Å². The van der Waals surface area contributed by atoms with E-state index in [2.05, 4.69) is 15.3 Å². The second-order valence-corrected chi connectivity index (χ2v) is 3.81. The van der Waals surface area contributed by atoms with Crippen molar-refractivity contribution in [2.45, 2.75) is 13.8 Å². The smallest absolute Gasteiger partial charge is 0.183 e. The zero-order valence-corrected chi connectivity index (χ0v) is 9.73. The van der Waals surface area contributed by atoms with Gasteiger partial charge >= 0.3 is 0 Å². The Kier molecular flexibility index (Phi) is 3.01. The lowest BCUT2D eigenvalue weighted by atomic mass is 10.1. The van der Waals surface area contributed by atoms with Gasteiger partial charge in [-0.3, -0.25) is 0 Å². The lowest BCUT2D eigenvalue weighted by Crippen LogP contribution is -2.00. The third kappa shape index (κ3) is 2.40. The van der Waals surface area contributed by atoms with Gasteiger partial charge in [0, 0.05) is 18.1 Å². The molecule has 0 aliphatic carbocycles. The highest BCUT2D eigenvalue weighted by molar-refractivity contribution is 5.64. The topological polar surface area (TPSA) is 61.6 Å². The highest BCUT2D eigenvalue weighted by Crippen LogP contribution is 2.21. The molecule has 17 heavy (non-hydrogen) atoms. The minimum Gasteiger partial charge on any atom is -0.338 e. The summed E-state index contributed by atoms with van der Waals surface area (Å²) in [6.07, 6.45) is 3.07. The van der Waals surface area contributed by atoms with Crippen LogP contribution in [-0.4, -0.2) is 9.97 Å². The molecule has 4 nitrogen and oxygen atoms in total. The summed E-state index contributed by atoms with van der Waals surface area (Å²) in [5.41, 5.74) is 3.50. The van der Waals surface area contributed by atoms with E-state index in [0.29, 0.717) is 11.5 Å². The molecule has 4 heteroatoms. The van der Waals surface area contributed by atoms with Gasteiger partial charge < -0.3 is 5.32 Å². The molecule has 1 N–H and O–H groups in total. The maximum absolute atomic E-state index is 8.93. The van der Waals surface area contributed by atoms with Crippen molar-refractivity contribution in [2.24, 2.45) is 0 Å². The fourth-order valence-electron chi connectivity index (χ4n) is 1.51. The van der Waals surface area contributed by atoms with E-state index in [1.165, 1.54) is 6.20 Å². The summed E-state index contributed by atoms with van der Waals surface area (Å²) in [6, 6.07) is 8.10. The van der Waals surface area contributed by atoms with Crippen molar-refractivity contribution >= 4 is 11.5 Å². The minimum absolute atomic E-state index is 0.299. The quantitative estimate of drug-likeness (QED) is 0.851. The van der Waals surface area contributed by atoms with Gasteiger partial charge in [0.1, 0.15) is 6.07 Å². The number of aromatic nitrogens is 2. The van der Waals surface area contributed by atoms with Crippen molar-refractivity contribution in [1.29, 1.82) is 5.26 Å². The third-order valence-electron chi connectivity index (χ3n) is 2.45. The first-order chi connectivity index (χ1) is 8.20. The molecule has 0 amide bonds. The normalized spacial score (nSPS) is 9.71. The van der Waals surface area contributed by atoms with Crippen LogP contribution in [0.15, 0.2) is 30.6 Å². The Morgan fingerprint density at radius 1 is 1.18 bits per heavy atom. The first-order valence-corrected chi connectivity index (χ1v) is 5.26. The second-order valence-electron chi connectivity index (χ2n) is 3.81. The lowest BCUT2D eigenvalue weighted by Gasteiger charge is -2.09. The fraction of sp³-hybridized carbons (Fsp3) is 0.154. The number of hydrogen-bond donors (Lipinski definition) is 1. The van der Waals surface area contributed by atoms with Crippen LogP contribution in [-0.2, 0) is 0 Å². The zero-order chi connectivity index (χ0) is 12.3. The van der Waals surface area contributed by atoms with Gasteiger partial charge in [-0.15, -0.1) is 0 Å². The Labute approximate surface area is 100.0 Å². The molecule has 0 spiro atoms. The van der Waals surface area contributed by atoms with Crippen LogP contribution in [0.25, 0.3) is 0 Å². The van der Waals surface area contributed by atoms with Crippen LogP contribution in [0, 0.1) is 25.2 Å². The number of nitrogens with one attached hydrogen (secondary N) is 1. The maximum Gasteiger partial charge on any atom is 0.183 e. The van der Waals surface area contributed by atoms with Gasteiger partial charge in [0.15, 0.2) is 11.5 Å². The molecule has 0 saturated carbocycles. The van der Waals surface area contributed by atoms with E-state index in [-0.39, 0.29) is 0 Å². The van der Waals surface area contributed by atoms with Gasteiger partial charge in [-0.25, -0.2) is 9.97 Å². The first-order valence-electron chi connectivity index (χ1n) is 5.26. The fourth-order valence-corrected chi connectivity index (χ4v) is 1.51. The van der Waals surface area contributed by atoms with Crippen LogP contribution in [0.2, 0.25) is 0 Å². The highest BCUT2D eigenvalue weighted by Gasteiger charge is 2.06. The molecule has 0 radical (unpaired) electrons. The maximum atomic E-state index is 8.93. The molecule has 0 saturated heterocycles. The number of nitriles is 1. The molecule has 0 bridgehead atoms. The molecule has 0 atom stereocenters. The molecule has 84 valence electrons. The average Bonchev–Trinajstić information content (AvgIpc) is 2.34. The molecule has 0 aliphatic rings. The molecule has 0 unspecified atom stereocenters. The van der Waals surface area contributed by atoms with E-state index in [4.69, 9.17) is 5.26 Å². The highest BCUT2D eigenvalue weighted by atomic mass is 15.0. The number of nitrogens with zero attached hydrogens (tertiary/aromatic N) is 3. The molecule has 1 aromatic carbocycles. The van der Waals surface area contributed by atoms with Crippen molar-refractivity contribution in [3.63, 3.8) is 0 Å². The zero-order valence-electron chi connectivity index (χ0n) is 9.73. The number of anilines is 2. The number of aryl methyl sites for hydroxylation is 2. The summed E-state index contributed by atoms with van der Waals surface area (Å²) in [4.78, 5) is 8.08. The van der Waals surface area contributed by atoms with Crippen molar-refractivity contribution in [3.8, 4) is 6.07 Å². The Morgan fingerprint density at radius 2 is 1.94 bits per heavy atom. The summed E-state index contributed by atoms with van der Waals surface area (Å²) in [7, 11) is 0. The predicted molar refractivity (Wildman–Crippen MR) is 65.9 cm³/mol. The monoisotopic (exact) mass is 224 g/mol. The Balaban J connectivity index is 2.38. The van der Waals surface area contributed by atoms with Crippen molar-refractivity contribution in [2.75, 3.05) is 5.32 Å². The summed E-state index contributed by atoms with van der Waals surface area (Å²) in [6.45, 7) is 4.02. The summed E-state index contributed by atoms with van der Waals surface area (Å²) in [5.74, 6) is 0.490. The molecule has 1 heterocycles. The van der Waals surface area contributed by atoms with E-state index in [9.17, 15) is 0 Å². The van der Waals surface area contributed by atoms with Gasteiger partial charge in [0.25, 0.3) is 0 Å². The van der Waals surface area contributed by atoms with Gasteiger partial charge in [-0.05, 0) is 31.0 Å². The van der Waals surface area contributed by atoms with Crippen molar-refractivity contribution < 1.29 is 0 Å². The van der Waals surface area contributed by atoms with Gasteiger partial charge in [-0.2, -0.15) is 5.26 Å². The Hall–Kier alpha value is -2.41. The van der Waals surface area contributed by atoms with Crippen LogP contribution in [0.4, 0.5) is 11.5 Å². The molecule has 0 fully saturated rings. The Bertz CT molecular complexity index is 584. The standard InChI is InChI=1S/C13H12N4/c1-9-3-4-10(2)11(7-9)17-13-12(8-14)15-5-6-16-13/h3-7H,1-2H3,(H,16,17). The average molecular weight is 224 g/mol. The summed E-state index contributed by atoms with van der Waals surface area (Å²) in [5, 5.41) is 12.1. The van der Waals surface area contributed by atoms with E-state index < -0.39 is 0 Å². The van der Waals surface area contributed by atoms with Crippen LogP contribution in [0.1, 0.15) is 16.8 Å². The van der Waals surface area contributed by atoms with Gasteiger partial charge in [-0.1, -0.05) is 12.1 Å². The molecule has 2 aromatic rings. The summed E-state index contributed by atoms with van der Waals surface area (Å²) < 4.78 is 0. The minimum atomic E-state index is 0.299. The lowest BCUT2D eigenvalue weighted by molar-refractivity contribution is 1.16. The second kappa shape index (κ2) is 4.62. The SMILES string of the molecule is Cc1ccc(C)c(Nc2nccnc2C#N)c1. The van der Waals surface area contributed by atoms with E-state index in [1.807, 2.05) is 38.1 Å². The van der Waals surface area contributed by atoms with E-state index >= 15 is 0 Å². The molecule has 1 aromatic heterocycles. The third-order valence-corrected chi connectivity index (χ3v) is 2.45. The number of rotatable bonds is 2.